The number of hydrogen-bond donors (Lipinski definition) is 0. The van der Waals surface area contributed by atoms with Crippen LogP contribution in [0.15, 0.2) is 42.5 Å². The topological polar surface area (TPSA) is 9.23 Å². The Morgan fingerprint density at radius 2 is 1.95 bits per heavy atom. The Morgan fingerprint density at radius 1 is 1.10 bits per heavy atom. The number of ether oxygens (including phenoxy) is 1. The van der Waals surface area contributed by atoms with Gasteiger partial charge >= 0.3 is 0 Å². The smallest absolute Gasteiger partial charge is 0.0718 e. The van der Waals surface area contributed by atoms with Gasteiger partial charge in [0.25, 0.3) is 0 Å². The molecule has 4 rings (SSSR count). The maximum Gasteiger partial charge on any atom is 0.0718 e. The number of benzene rings is 2. The van der Waals surface area contributed by atoms with Gasteiger partial charge in [0.1, 0.15) is 0 Å². The highest BCUT2D eigenvalue weighted by Gasteiger charge is 2.38. The van der Waals surface area contributed by atoms with Crippen molar-refractivity contribution in [3.63, 3.8) is 0 Å². The zero-order chi connectivity index (χ0) is 13.6. The van der Waals surface area contributed by atoms with E-state index in [9.17, 15) is 0 Å². The molecular formula is C18H17OSi. The molecule has 2 aliphatic rings. The Bertz CT molecular complexity index is 678. The Hall–Kier alpha value is -1.38. The highest BCUT2D eigenvalue weighted by Crippen LogP contribution is 2.43. The third kappa shape index (κ3) is 1.79. The Balaban J connectivity index is 1.89. The Morgan fingerprint density at radius 3 is 2.75 bits per heavy atom. The molecule has 0 saturated carbocycles. The molecule has 0 bridgehead atoms. The van der Waals surface area contributed by atoms with Gasteiger partial charge < -0.3 is 4.74 Å². The molecule has 2 aromatic carbocycles. The monoisotopic (exact) mass is 277 g/mol. The van der Waals surface area contributed by atoms with Crippen LogP contribution in [0.3, 0.4) is 0 Å². The molecule has 99 valence electrons. The van der Waals surface area contributed by atoms with Gasteiger partial charge in [0.15, 0.2) is 0 Å². The summed E-state index contributed by atoms with van der Waals surface area (Å²) < 4.78 is 6.11. The second-order valence-electron chi connectivity index (χ2n) is 5.82. The van der Waals surface area contributed by atoms with Crippen molar-refractivity contribution in [2.75, 3.05) is 6.61 Å². The van der Waals surface area contributed by atoms with E-state index < -0.39 is 0 Å². The van der Waals surface area contributed by atoms with E-state index in [4.69, 9.17) is 4.74 Å². The van der Waals surface area contributed by atoms with Gasteiger partial charge in [-0.25, -0.2) is 0 Å². The third-order valence-electron chi connectivity index (χ3n) is 4.58. The summed E-state index contributed by atoms with van der Waals surface area (Å²) in [6, 6.07) is 13.1. The molecule has 2 unspecified atom stereocenters. The van der Waals surface area contributed by atoms with E-state index in [0.717, 1.165) is 13.0 Å². The summed E-state index contributed by atoms with van der Waals surface area (Å²) in [7, 11) is 3.96. The fraction of sp³-hybridized carbons (Fsp3) is 0.333. The fourth-order valence-electron chi connectivity index (χ4n) is 3.57. The summed E-state index contributed by atoms with van der Waals surface area (Å²) in [5.74, 6) is 0.290. The van der Waals surface area contributed by atoms with Crippen molar-refractivity contribution in [3.8, 4) is 0 Å². The van der Waals surface area contributed by atoms with E-state index in [-0.39, 0.29) is 11.1 Å². The SMILES string of the molecule is [Si]C1(C2C=Cc3cccc4cccc2c34)CCCCO1. The third-order valence-corrected chi connectivity index (χ3v) is 5.28. The van der Waals surface area contributed by atoms with E-state index in [1.165, 1.54) is 34.7 Å². The number of hydrogen-bond acceptors (Lipinski definition) is 1. The quantitative estimate of drug-likeness (QED) is 0.716. The van der Waals surface area contributed by atoms with E-state index in [0.29, 0.717) is 0 Å². The minimum atomic E-state index is -0.240. The minimum Gasteiger partial charge on any atom is -0.378 e. The highest BCUT2D eigenvalue weighted by atomic mass is 28.1. The molecule has 0 aromatic heterocycles. The molecule has 1 saturated heterocycles. The van der Waals surface area contributed by atoms with Crippen molar-refractivity contribution >= 4 is 27.1 Å². The molecule has 1 heterocycles. The average Bonchev–Trinajstić information content (AvgIpc) is 2.49. The zero-order valence-electron chi connectivity index (χ0n) is 11.4. The van der Waals surface area contributed by atoms with E-state index in [1.54, 1.807) is 0 Å². The van der Waals surface area contributed by atoms with Gasteiger partial charge in [0.05, 0.1) is 15.5 Å². The van der Waals surface area contributed by atoms with Gasteiger partial charge in [-0.2, -0.15) is 0 Å². The van der Waals surface area contributed by atoms with Crippen molar-refractivity contribution in [1.29, 1.82) is 0 Å². The van der Waals surface area contributed by atoms with Crippen molar-refractivity contribution in [3.05, 3.63) is 53.6 Å². The number of rotatable bonds is 1. The van der Waals surface area contributed by atoms with Crippen LogP contribution < -0.4 is 0 Å². The summed E-state index contributed by atoms with van der Waals surface area (Å²) in [4.78, 5) is 0. The molecule has 1 aliphatic carbocycles. The summed E-state index contributed by atoms with van der Waals surface area (Å²) in [5.41, 5.74) is 2.71. The summed E-state index contributed by atoms with van der Waals surface area (Å²) in [6.07, 6.45) is 8.02. The molecule has 1 nitrogen and oxygen atoms in total. The second kappa shape index (κ2) is 4.57. The molecule has 1 aliphatic heterocycles. The Kier molecular flexibility index (Phi) is 2.83. The Labute approximate surface area is 123 Å². The molecular weight excluding hydrogens is 260 g/mol. The first-order valence-corrected chi connectivity index (χ1v) is 7.87. The summed E-state index contributed by atoms with van der Waals surface area (Å²) >= 11 is 0. The second-order valence-corrected chi connectivity index (χ2v) is 6.67. The van der Waals surface area contributed by atoms with Crippen LogP contribution in [0.25, 0.3) is 16.8 Å². The van der Waals surface area contributed by atoms with Crippen molar-refractivity contribution in [1.82, 2.24) is 0 Å². The zero-order valence-corrected chi connectivity index (χ0v) is 12.4. The van der Waals surface area contributed by atoms with Gasteiger partial charge in [0.2, 0.25) is 0 Å². The summed E-state index contributed by atoms with van der Waals surface area (Å²) in [6.45, 7) is 0.853. The van der Waals surface area contributed by atoms with E-state index in [2.05, 4.69) is 58.8 Å². The van der Waals surface area contributed by atoms with Crippen LogP contribution in [0.2, 0.25) is 0 Å². The molecule has 0 amide bonds. The molecule has 3 radical (unpaired) electrons. The van der Waals surface area contributed by atoms with Crippen LogP contribution in [0.4, 0.5) is 0 Å². The van der Waals surface area contributed by atoms with Crippen LogP contribution in [0.5, 0.6) is 0 Å². The first-order chi connectivity index (χ1) is 9.78. The first-order valence-electron chi connectivity index (χ1n) is 7.37. The lowest BCUT2D eigenvalue weighted by atomic mass is 9.80. The first kappa shape index (κ1) is 12.4. The predicted molar refractivity (Wildman–Crippen MR) is 84.0 cm³/mol. The molecule has 0 N–H and O–H groups in total. The van der Waals surface area contributed by atoms with Crippen LogP contribution in [-0.4, -0.2) is 22.1 Å². The van der Waals surface area contributed by atoms with Gasteiger partial charge in [0, 0.05) is 12.5 Å². The van der Waals surface area contributed by atoms with Crippen LogP contribution >= 0.6 is 0 Å². The summed E-state index contributed by atoms with van der Waals surface area (Å²) in [5, 5.41) is 2.46. The predicted octanol–water partition coefficient (Wildman–Crippen LogP) is 4.02. The van der Waals surface area contributed by atoms with Crippen LogP contribution in [-0.2, 0) is 4.74 Å². The lowest BCUT2D eigenvalue weighted by molar-refractivity contribution is -0.0261. The largest absolute Gasteiger partial charge is 0.378 e. The molecule has 20 heavy (non-hydrogen) atoms. The highest BCUT2D eigenvalue weighted by molar-refractivity contribution is 6.16. The van der Waals surface area contributed by atoms with Gasteiger partial charge in [-0.15, -0.1) is 0 Å². The van der Waals surface area contributed by atoms with Crippen LogP contribution in [0, 0.1) is 0 Å². The van der Waals surface area contributed by atoms with Gasteiger partial charge in [-0.05, 0) is 41.2 Å². The van der Waals surface area contributed by atoms with Gasteiger partial charge in [-0.3, -0.25) is 0 Å². The van der Waals surface area contributed by atoms with Crippen molar-refractivity contribution < 1.29 is 4.74 Å². The normalized spacial score (nSPS) is 28.8. The van der Waals surface area contributed by atoms with Crippen molar-refractivity contribution in [2.45, 2.75) is 30.4 Å². The minimum absolute atomic E-state index is 0.240. The maximum absolute atomic E-state index is 6.11. The van der Waals surface area contributed by atoms with Gasteiger partial charge in [-0.1, -0.05) is 48.6 Å². The molecule has 1 fully saturated rings. The fourth-order valence-corrected chi connectivity index (χ4v) is 4.10. The van der Waals surface area contributed by atoms with E-state index in [1.807, 2.05) is 0 Å². The molecule has 2 aromatic rings. The molecule has 2 heteroatoms. The van der Waals surface area contributed by atoms with Crippen LogP contribution in [0.1, 0.15) is 36.3 Å². The molecule has 0 spiro atoms. The standard InChI is InChI=1S/C18H17OSi/c20-18(11-1-2-12-19-18)16-10-9-14-6-3-5-13-7-4-8-15(16)17(13)14/h3-10,16H,1-2,11-12H2. The lowest BCUT2D eigenvalue weighted by Crippen LogP contribution is -2.42. The van der Waals surface area contributed by atoms with E-state index >= 15 is 0 Å². The lowest BCUT2D eigenvalue weighted by Gasteiger charge is -2.41. The van der Waals surface area contributed by atoms with Crippen molar-refractivity contribution in [2.24, 2.45) is 0 Å². The maximum atomic E-state index is 6.11. The molecule has 2 atom stereocenters. The average molecular weight is 277 g/mol.